The zero-order chi connectivity index (χ0) is 9.68. The molecular formula is C11H15IO. The van der Waals surface area contributed by atoms with Crippen molar-refractivity contribution in [1.29, 1.82) is 0 Å². The second kappa shape index (κ2) is 5.47. The van der Waals surface area contributed by atoms with Crippen LogP contribution in [-0.4, -0.2) is 6.61 Å². The molecule has 0 spiro atoms. The third kappa shape index (κ3) is 3.55. The highest BCUT2D eigenvalue weighted by atomic mass is 127. The van der Waals surface area contributed by atoms with E-state index in [4.69, 9.17) is 4.74 Å². The molecule has 0 fully saturated rings. The lowest BCUT2D eigenvalue weighted by Crippen LogP contribution is -2.07. The highest BCUT2D eigenvalue weighted by Gasteiger charge is 2.02. The summed E-state index contributed by atoms with van der Waals surface area (Å²) in [5, 5.41) is 0. The van der Waals surface area contributed by atoms with E-state index in [9.17, 15) is 0 Å². The third-order valence-electron chi connectivity index (χ3n) is 2.06. The molecule has 0 heterocycles. The van der Waals surface area contributed by atoms with Crippen molar-refractivity contribution in [3.63, 3.8) is 0 Å². The maximum atomic E-state index is 5.68. The number of hydrogen-bond acceptors (Lipinski definition) is 1. The molecule has 0 saturated carbocycles. The van der Waals surface area contributed by atoms with Crippen molar-refractivity contribution < 1.29 is 4.74 Å². The molecule has 0 amide bonds. The Labute approximate surface area is 93.6 Å². The minimum absolute atomic E-state index is 0.635. The van der Waals surface area contributed by atoms with Gasteiger partial charge < -0.3 is 4.74 Å². The van der Waals surface area contributed by atoms with E-state index in [1.807, 2.05) is 18.2 Å². The fraction of sp³-hybridized carbons (Fsp3) is 0.455. The molecule has 0 radical (unpaired) electrons. The standard InChI is InChI=1S/C11H15IO/c1-3-9(2)8-13-11-7-5-4-6-10(11)12/h4-7,9H,3,8H2,1-2H3. The molecule has 1 atom stereocenters. The van der Waals surface area contributed by atoms with Gasteiger partial charge in [0.15, 0.2) is 0 Å². The van der Waals surface area contributed by atoms with Crippen LogP contribution in [0.1, 0.15) is 20.3 Å². The lowest BCUT2D eigenvalue weighted by atomic mass is 10.1. The van der Waals surface area contributed by atoms with Crippen LogP contribution in [0.25, 0.3) is 0 Å². The van der Waals surface area contributed by atoms with Crippen LogP contribution in [0, 0.1) is 9.49 Å². The van der Waals surface area contributed by atoms with Gasteiger partial charge in [-0.3, -0.25) is 0 Å². The molecule has 1 aromatic carbocycles. The summed E-state index contributed by atoms with van der Waals surface area (Å²) in [5.74, 6) is 1.64. The van der Waals surface area contributed by atoms with Crippen molar-refractivity contribution >= 4 is 22.6 Å². The molecule has 0 aromatic heterocycles. The van der Waals surface area contributed by atoms with Crippen LogP contribution < -0.4 is 4.74 Å². The predicted molar refractivity (Wildman–Crippen MR) is 64.1 cm³/mol. The molecule has 0 aliphatic rings. The zero-order valence-corrected chi connectivity index (χ0v) is 10.2. The Kier molecular flexibility index (Phi) is 4.56. The van der Waals surface area contributed by atoms with Gasteiger partial charge in [0.1, 0.15) is 5.75 Å². The van der Waals surface area contributed by atoms with E-state index >= 15 is 0 Å². The molecule has 2 heteroatoms. The topological polar surface area (TPSA) is 9.23 Å². The highest BCUT2D eigenvalue weighted by molar-refractivity contribution is 14.1. The first-order valence-corrected chi connectivity index (χ1v) is 5.69. The van der Waals surface area contributed by atoms with E-state index in [-0.39, 0.29) is 0 Å². The third-order valence-corrected chi connectivity index (χ3v) is 2.95. The summed E-state index contributed by atoms with van der Waals surface area (Å²) in [7, 11) is 0. The molecule has 0 saturated heterocycles. The van der Waals surface area contributed by atoms with Gasteiger partial charge >= 0.3 is 0 Å². The molecule has 0 aliphatic heterocycles. The SMILES string of the molecule is CCC(C)COc1ccccc1I. The molecule has 1 nitrogen and oxygen atoms in total. The van der Waals surface area contributed by atoms with E-state index in [2.05, 4.69) is 42.5 Å². The number of ether oxygens (including phenoxy) is 1. The Hall–Kier alpha value is -0.250. The number of halogens is 1. The van der Waals surface area contributed by atoms with E-state index < -0.39 is 0 Å². The summed E-state index contributed by atoms with van der Waals surface area (Å²) in [4.78, 5) is 0. The number of hydrogen-bond donors (Lipinski definition) is 0. The van der Waals surface area contributed by atoms with Crippen molar-refractivity contribution in [3.05, 3.63) is 27.8 Å². The second-order valence-electron chi connectivity index (χ2n) is 3.25. The van der Waals surface area contributed by atoms with Crippen LogP contribution in [-0.2, 0) is 0 Å². The normalized spacial score (nSPS) is 12.5. The lowest BCUT2D eigenvalue weighted by molar-refractivity contribution is 0.255. The van der Waals surface area contributed by atoms with Crippen LogP contribution in [0.4, 0.5) is 0 Å². The molecule has 1 aromatic rings. The Morgan fingerprint density at radius 3 is 2.69 bits per heavy atom. The molecular weight excluding hydrogens is 275 g/mol. The molecule has 0 N–H and O–H groups in total. The van der Waals surface area contributed by atoms with Crippen LogP contribution in [0.5, 0.6) is 5.75 Å². The summed E-state index contributed by atoms with van der Waals surface area (Å²) >= 11 is 2.29. The predicted octanol–water partition coefficient (Wildman–Crippen LogP) is 3.72. The van der Waals surface area contributed by atoms with Gasteiger partial charge in [-0.1, -0.05) is 32.4 Å². The van der Waals surface area contributed by atoms with Crippen LogP contribution in [0.3, 0.4) is 0 Å². The number of rotatable bonds is 4. The fourth-order valence-electron chi connectivity index (χ4n) is 0.912. The summed E-state index contributed by atoms with van der Waals surface area (Å²) < 4.78 is 6.87. The van der Waals surface area contributed by atoms with Crippen molar-refractivity contribution in [3.8, 4) is 5.75 Å². The maximum Gasteiger partial charge on any atom is 0.132 e. The van der Waals surface area contributed by atoms with E-state index in [0.717, 1.165) is 12.4 Å². The monoisotopic (exact) mass is 290 g/mol. The second-order valence-corrected chi connectivity index (χ2v) is 4.42. The minimum Gasteiger partial charge on any atom is -0.492 e. The quantitative estimate of drug-likeness (QED) is 0.768. The lowest BCUT2D eigenvalue weighted by Gasteiger charge is -2.11. The maximum absolute atomic E-state index is 5.68. The largest absolute Gasteiger partial charge is 0.492 e. The van der Waals surface area contributed by atoms with Gasteiger partial charge in [-0.25, -0.2) is 0 Å². The average molecular weight is 290 g/mol. The molecule has 0 bridgehead atoms. The first-order chi connectivity index (χ1) is 6.24. The van der Waals surface area contributed by atoms with Gasteiger partial charge in [-0.15, -0.1) is 0 Å². The summed E-state index contributed by atoms with van der Waals surface area (Å²) in [6.45, 7) is 5.20. The molecule has 0 aliphatic carbocycles. The van der Waals surface area contributed by atoms with E-state index in [1.165, 1.54) is 9.99 Å². The molecule has 72 valence electrons. The van der Waals surface area contributed by atoms with Crippen LogP contribution in [0.15, 0.2) is 24.3 Å². The smallest absolute Gasteiger partial charge is 0.132 e. The van der Waals surface area contributed by atoms with E-state index in [0.29, 0.717) is 5.92 Å². The summed E-state index contributed by atoms with van der Waals surface area (Å²) in [6.07, 6.45) is 1.17. The fourth-order valence-corrected chi connectivity index (χ4v) is 1.45. The molecule has 1 rings (SSSR count). The minimum atomic E-state index is 0.635. The average Bonchev–Trinajstić information content (AvgIpc) is 2.16. The van der Waals surface area contributed by atoms with Gasteiger partial charge in [0.25, 0.3) is 0 Å². The van der Waals surface area contributed by atoms with Crippen molar-refractivity contribution in [2.24, 2.45) is 5.92 Å². The first kappa shape index (κ1) is 10.8. The van der Waals surface area contributed by atoms with Crippen molar-refractivity contribution in [2.45, 2.75) is 20.3 Å². The highest BCUT2D eigenvalue weighted by Crippen LogP contribution is 2.20. The van der Waals surface area contributed by atoms with Gasteiger partial charge in [-0.2, -0.15) is 0 Å². The van der Waals surface area contributed by atoms with Crippen molar-refractivity contribution in [1.82, 2.24) is 0 Å². The van der Waals surface area contributed by atoms with Gasteiger partial charge in [0.05, 0.1) is 10.2 Å². The van der Waals surface area contributed by atoms with Gasteiger partial charge in [0, 0.05) is 0 Å². The Morgan fingerprint density at radius 1 is 1.38 bits per heavy atom. The first-order valence-electron chi connectivity index (χ1n) is 4.61. The molecule has 13 heavy (non-hydrogen) atoms. The molecule has 1 unspecified atom stereocenters. The zero-order valence-electron chi connectivity index (χ0n) is 8.09. The van der Waals surface area contributed by atoms with Gasteiger partial charge in [-0.05, 0) is 40.6 Å². The Morgan fingerprint density at radius 2 is 2.08 bits per heavy atom. The van der Waals surface area contributed by atoms with E-state index in [1.54, 1.807) is 0 Å². The Bertz CT molecular complexity index is 260. The summed E-state index contributed by atoms with van der Waals surface area (Å²) in [6, 6.07) is 8.11. The van der Waals surface area contributed by atoms with Crippen molar-refractivity contribution in [2.75, 3.05) is 6.61 Å². The number of benzene rings is 1. The number of para-hydroxylation sites is 1. The van der Waals surface area contributed by atoms with Crippen LogP contribution in [0.2, 0.25) is 0 Å². The van der Waals surface area contributed by atoms with Gasteiger partial charge in [0.2, 0.25) is 0 Å². The summed E-state index contributed by atoms with van der Waals surface area (Å²) in [5.41, 5.74) is 0. The van der Waals surface area contributed by atoms with Crippen LogP contribution >= 0.6 is 22.6 Å². The Balaban J connectivity index is 2.50.